The maximum atomic E-state index is 5.96. The summed E-state index contributed by atoms with van der Waals surface area (Å²) < 4.78 is 7.06. The second-order valence-electron chi connectivity index (χ2n) is 6.18. The fourth-order valence-corrected chi connectivity index (χ4v) is 3.44. The van der Waals surface area contributed by atoms with E-state index in [0.29, 0.717) is 0 Å². The predicted octanol–water partition coefficient (Wildman–Crippen LogP) is 4.47. The molecule has 110 valence electrons. The summed E-state index contributed by atoms with van der Waals surface area (Å²) in [5.74, 6) is 1.02. The van der Waals surface area contributed by atoms with Crippen LogP contribution in [-0.2, 0) is 6.42 Å². The minimum absolute atomic E-state index is 0.0914. The van der Waals surface area contributed by atoms with Crippen molar-refractivity contribution in [1.82, 2.24) is 5.32 Å². The zero-order valence-corrected chi connectivity index (χ0v) is 14.2. The molecule has 0 spiro atoms. The summed E-state index contributed by atoms with van der Waals surface area (Å²) >= 11 is 3.55. The summed E-state index contributed by atoms with van der Waals surface area (Å²) in [6.07, 6.45) is 0.963. The van der Waals surface area contributed by atoms with Crippen molar-refractivity contribution >= 4 is 15.9 Å². The van der Waals surface area contributed by atoms with Gasteiger partial charge < -0.3 is 10.1 Å². The van der Waals surface area contributed by atoms with Crippen molar-refractivity contribution in [2.24, 2.45) is 0 Å². The summed E-state index contributed by atoms with van der Waals surface area (Å²) in [5.41, 5.74) is 3.74. The Kier molecular flexibility index (Phi) is 3.80. The highest BCUT2D eigenvalue weighted by molar-refractivity contribution is 9.10. The number of hydrogen-bond acceptors (Lipinski definition) is 2. The van der Waals surface area contributed by atoms with Gasteiger partial charge in [0.15, 0.2) is 0 Å². The lowest BCUT2D eigenvalue weighted by Crippen LogP contribution is -2.24. The number of ether oxygens (including phenoxy) is 1. The highest BCUT2D eigenvalue weighted by Gasteiger charge is 2.30. The zero-order chi connectivity index (χ0) is 15.0. The third kappa shape index (κ3) is 2.99. The highest BCUT2D eigenvalue weighted by Crippen LogP contribution is 2.37. The van der Waals surface area contributed by atoms with Crippen molar-refractivity contribution in [2.45, 2.75) is 31.9 Å². The van der Waals surface area contributed by atoms with Crippen LogP contribution < -0.4 is 10.1 Å². The summed E-state index contributed by atoms with van der Waals surface area (Å²) in [5, 5.41) is 3.41. The van der Waals surface area contributed by atoms with Gasteiger partial charge in [-0.3, -0.25) is 0 Å². The van der Waals surface area contributed by atoms with E-state index in [4.69, 9.17) is 4.74 Å². The van der Waals surface area contributed by atoms with Crippen molar-refractivity contribution in [2.75, 3.05) is 7.05 Å². The van der Waals surface area contributed by atoms with E-state index in [1.54, 1.807) is 0 Å². The molecular weight excluding hydrogens is 326 g/mol. The number of halogens is 1. The van der Waals surface area contributed by atoms with Gasteiger partial charge in [-0.05, 0) is 55.8 Å². The second-order valence-corrected chi connectivity index (χ2v) is 7.10. The van der Waals surface area contributed by atoms with Gasteiger partial charge >= 0.3 is 0 Å². The van der Waals surface area contributed by atoms with Crippen molar-refractivity contribution in [3.05, 3.63) is 63.6 Å². The molecule has 1 unspecified atom stereocenters. The first-order chi connectivity index (χ1) is 9.98. The van der Waals surface area contributed by atoms with Gasteiger partial charge in [-0.1, -0.05) is 40.2 Å². The van der Waals surface area contributed by atoms with Crippen molar-refractivity contribution in [3.8, 4) is 5.75 Å². The zero-order valence-electron chi connectivity index (χ0n) is 12.6. The Labute approximate surface area is 134 Å². The predicted molar refractivity (Wildman–Crippen MR) is 89.9 cm³/mol. The van der Waals surface area contributed by atoms with Crippen LogP contribution in [0.5, 0.6) is 5.75 Å². The molecule has 2 aromatic carbocycles. The van der Waals surface area contributed by atoms with E-state index in [2.05, 4.69) is 77.6 Å². The molecule has 1 aliphatic rings. The average molecular weight is 346 g/mol. The molecule has 0 amide bonds. The summed E-state index contributed by atoms with van der Waals surface area (Å²) in [6, 6.07) is 15.2. The van der Waals surface area contributed by atoms with Crippen LogP contribution in [0, 0.1) is 0 Å². The monoisotopic (exact) mass is 345 g/mol. The molecule has 1 aliphatic heterocycles. The van der Waals surface area contributed by atoms with E-state index >= 15 is 0 Å². The van der Waals surface area contributed by atoms with Crippen molar-refractivity contribution in [1.29, 1.82) is 0 Å². The van der Waals surface area contributed by atoms with Crippen LogP contribution in [0.2, 0.25) is 0 Å². The Morgan fingerprint density at radius 2 is 1.90 bits per heavy atom. The van der Waals surface area contributed by atoms with E-state index in [1.165, 1.54) is 16.7 Å². The first-order valence-electron chi connectivity index (χ1n) is 7.23. The van der Waals surface area contributed by atoms with E-state index in [1.807, 2.05) is 7.05 Å². The van der Waals surface area contributed by atoms with Crippen LogP contribution in [-0.4, -0.2) is 12.6 Å². The number of fused-ring (bicyclic) bond motifs is 1. The largest absolute Gasteiger partial charge is 0.487 e. The number of benzene rings is 2. The maximum absolute atomic E-state index is 5.96. The molecule has 0 aliphatic carbocycles. The van der Waals surface area contributed by atoms with Crippen molar-refractivity contribution in [3.63, 3.8) is 0 Å². The van der Waals surface area contributed by atoms with Gasteiger partial charge in [-0.2, -0.15) is 0 Å². The van der Waals surface area contributed by atoms with Gasteiger partial charge in [-0.15, -0.1) is 0 Å². The van der Waals surface area contributed by atoms with Gasteiger partial charge in [0.25, 0.3) is 0 Å². The van der Waals surface area contributed by atoms with E-state index < -0.39 is 0 Å². The number of nitrogens with one attached hydrogen (secondary N) is 1. The van der Waals surface area contributed by atoms with Gasteiger partial charge in [0, 0.05) is 10.9 Å². The third-order valence-corrected chi connectivity index (χ3v) is 4.38. The quantitative estimate of drug-likeness (QED) is 0.885. The molecule has 3 heteroatoms. The molecule has 0 aromatic heterocycles. The first-order valence-corrected chi connectivity index (χ1v) is 8.02. The third-order valence-electron chi connectivity index (χ3n) is 3.89. The molecule has 1 heterocycles. The van der Waals surface area contributed by atoms with Crippen LogP contribution >= 0.6 is 15.9 Å². The number of hydrogen-bond donors (Lipinski definition) is 1. The minimum atomic E-state index is -0.0914. The molecule has 0 bridgehead atoms. The molecule has 0 radical (unpaired) electrons. The highest BCUT2D eigenvalue weighted by atomic mass is 79.9. The minimum Gasteiger partial charge on any atom is -0.487 e. The molecule has 0 fully saturated rings. The molecular formula is C18H20BrNO. The normalized spacial score (nSPS) is 17.1. The summed E-state index contributed by atoms with van der Waals surface area (Å²) in [4.78, 5) is 0. The summed E-state index contributed by atoms with van der Waals surface area (Å²) in [6.45, 7) is 4.27. The standard InChI is InChI=1S/C18H20BrNO/c1-18(2)11-14-9-13(7-8-16(14)21-18)17(20-3)12-5-4-6-15(19)10-12/h4-10,17,20H,11H2,1-3H3. The van der Waals surface area contributed by atoms with Crippen molar-refractivity contribution < 1.29 is 4.74 Å². The molecule has 1 N–H and O–H groups in total. The molecule has 1 atom stereocenters. The van der Waals surface area contributed by atoms with Crippen LogP contribution in [0.3, 0.4) is 0 Å². The Morgan fingerprint density at radius 1 is 1.14 bits per heavy atom. The Morgan fingerprint density at radius 3 is 2.62 bits per heavy atom. The first kappa shape index (κ1) is 14.6. The molecule has 0 saturated carbocycles. The Bertz CT molecular complexity index is 666. The van der Waals surface area contributed by atoms with E-state index in [-0.39, 0.29) is 11.6 Å². The van der Waals surface area contributed by atoms with Crippen LogP contribution in [0.25, 0.3) is 0 Å². The fourth-order valence-electron chi connectivity index (χ4n) is 3.02. The van der Waals surface area contributed by atoms with E-state index in [9.17, 15) is 0 Å². The van der Waals surface area contributed by atoms with E-state index in [0.717, 1.165) is 16.6 Å². The lowest BCUT2D eigenvalue weighted by molar-refractivity contribution is 0.138. The summed E-state index contributed by atoms with van der Waals surface area (Å²) in [7, 11) is 2.00. The lowest BCUT2D eigenvalue weighted by atomic mass is 9.94. The Balaban J connectivity index is 1.96. The molecule has 0 saturated heterocycles. The maximum Gasteiger partial charge on any atom is 0.123 e. The molecule has 21 heavy (non-hydrogen) atoms. The number of rotatable bonds is 3. The fraction of sp³-hybridized carbons (Fsp3) is 0.333. The van der Waals surface area contributed by atoms with Gasteiger partial charge in [0.05, 0.1) is 6.04 Å². The SMILES string of the molecule is CNC(c1cccc(Br)c1)c1ccc2c(c1)CC(C)(C)O2. The van der Waals surface area contributed by atoms with Gasteiger partial charge in [0.2, 0.25) is 0 Å². The van der Waals surface area contributed by atoms with Crippen LogP contribution in [0.15, 0.2) is 46.9 Å². The molecule has 3 rings (SSSR count). The Hall–Kier alpha value is -1.32. The second kappa shape index (κ2) is 5.47. The average Bonchev–Trinajstić information content (AvgIpc) is 2.73. The van der Waals surface area contributed by atoms with Crippen LogP contribution in [0.1, 0.15) is 36.6 Å². The smallest absolute Gasteiger partial charge is 0.123 e. The molecule has 2 nitrogen and oxygen atoms in total. The molecule has 2 aromatic rings. The van der Waals surface area contributed by atoms with Gasteiger partial charge in [-0.25, -0.2) is 0 Å². The topological polar surface area (TPSA) is 21.3 Å². The lowest BCUT2D eigenvalue weighted by Gasteiger charge is -2.18. The van der Waals surface area contributed by atoms with Gasteiger partial charge in [0.1, 0.15) is 11.4 Å². The van der Waals surface area contributed by atoms with Crippen LogP contribution in [0.4, 0.5) is 0 Å².